The van der Waals surface area contributed by atoms with Crippen molar-refractivity contribution < 1.29 is 0 Å². The van der Waals surface area contributed by atoms with Gasteiger partial charge in [-0.15, -0.1) is 0 Å². The zero-order valence-electron chi connectivity index (χ0n) is 9.69. The molecule has 0 aromatic heterocycles. The van der Waals surface area contributed by atoms with Crippen molar-refractivity contribution in [2.75, 3.05) is 0 Å². The van der Waals surface area contributed by atoms with Crippen molar-refractivity contribution in [1.82, 2.24) is 0 Å². The largest absolute Gasteiger partial charge is 0.0628 e. The summed E-state index contributed by atoms with van der Waals surface area (Å²) in [7, 11) is 0. The zero-order valence-corrected chi connectivity index (χ0v) is 9.69. The first-order chi connectivity index (χ1) is 5.95. The molecule has 3 rings (SSSR count). The van der Waals surface area contributed by atoms with E-state index >= 15 is 0 Å². The Labute approximate surface area is 83.1 Å². The third kappa shape index (κ3) is 1.53. The molecular weight excluding hydrogens is 156 g/mol. The molecule has 0 radical (unpaired) electrons. The van der Waals surface area contributed by atoms with Crippen LogP contribution in [0.2, 0.25) is 0 Å². The fraction of sp³-hybridized carbons (Fsp3) is 1.00. The Morgan fingerprint density at radius 3 is 1.31 bits per heavy atom. The van der Waals surface area contributed by atoms with Gasteiger partial charge in [0.1, 0.15) is 0 Å². The molecule has 2 bridgehead atoms. The Bertz CT molecular complexity index is 160. The molecule has 0 aromatic rings. The molecular formula is C13H24. The molecule has 0 heterocycles. The van der Waals surface area contributed by atoms with Gasteiger partial charge in [0.25, 0.3) is 0 Å². The summed E-state index contributed by atoms with van der Waals surface area (Å²) in [5, 5.41) is 0. The number of hydrogen-bond donors (Lipinski definition) is 0. The van der Waals surface area contributed by atoms with Crippen molar-refractivity contribution in [3.05, 3.63) is 0 Å². The first-order valence-electron chi connectivity index (χ1n) is 5.95. The Morgan fingerprint density at radius 1 is 0.769 bits per heavy atom. The molecule has 0 N–H and O–H groups in total. The van der Waals surface area contributed by atoms with Gasteiger partial charge in [-0.2, -0.15) is 0 Å². The van der Waals surface area contributed by atoms with Crippen molar-refractivity contribution in [3.63, 3.8) is 0 Å². The van der Waals surface area contributed by atoms with Crippen LogP contribution in [0.25, 0.3) is 0 Å². The second-order valence-electron chi connectivity index (χ2n) is 6.73. The van der Waals surface area contributed by atoms with Crippen molar-refractivity contribution in [3.8, 4) is 0 Å². The predicted octanol–water partition coefficient (Wildman–Crippen LogP) is 4.25. The Morgan fingerprint density at radius 2 is 1.08 bits per heavy atom. The molecule has 76 valence electrons. The highest BCUT2D eigenvalue weighted by molar-refractivity contribution is 5.16. The maximum Gasteiger partial charge on any atom is -0.0279 e. The molecule has 0 aliphatic heterocycles. The highest BCUT2D eigenvalue weighted by Gasteiger charge is 2.66. The molecule has 0 spiro atoms. The third-order valence-electron chi connectivity index (χ3n) is 3.93. The van der Waals surface area contributed by atoms with Crippen LogP contribution < -0.4 is 0 Å². The Hall–Kier alpha value is 0. The lowest BCUT2D eigenvalue weighted by molar-refractivity contribution is -0.220. The molecule has 3 aliphatic rings. The van der Waals surface area contributed by atoms with E-state index < -0.39 is 0 Å². The molecule has 0 nitrogen and oxygen atoms in total. The lowest BCUT2D eigenvalue weighted by Gasteiger charge is -2.72. The van der Waals surface area contributed by atoms with Crippen LogP contribution in [0.1, 0.15) is 59.8 Å². The van der Waals surface area contributed by atoms with Gasteiger partial charge >= 0.3 is 0 Å². The minimum absolute atomic E-state index is 0.836. The average Bonchev–Trinajstić information content (AvgIpc) is 1.77. The van der Waals surface area contributed by atoms with Crippen LogP contribution >= 0.6 is 0 Å². The fourth-order valence-electron chi connectivity index (χ4n) is 4.40. The van der Waals surface area contributed by atoms with Gasteiger partial charge in [0.05, 0.1) is 0 Å². The molecule has 3 aliphatic carbocycles. The van der Waals surface area contributed by atoms with Crippen molar-refractivity contribution in [2.45, 2.75) is 59.8 Å². The summed E-state index contributed by atoms with van der Waals surface area (Å²) >= 11 is 0. The van der Waals surface area contributed by atoms with E-state index in [9.17, 15) is 0 Å². The van der Waals surface area contributed by atoms with Gasteiger partial charge in [-0.05, 0) is 54.8 Å². The molecule has 0 atom stereocenters. The van der Waals surface area contributed by atoms with E-state index in [1.54, 1.807) is 19.3 Å². The predicted molar refractivity (Wildman–Crippen MR) is 57.6 cm³/mol. The number of hydrogen-bond acceptors (Lipinski definition) is 0. The summed E-state index contributed by atoms with van der Waals surface area (Å²) < 4.78 is 0. The molecule has 0 heteroatoms. The van der Waals surface area contributed by atoms with Gasteiger partial charge in [-0.25, -0.2) is 0 Å². The lowest BCUT2D eigenvalue weighted by Crippen LogP contribution is -2.62. The van der Waals surface area contributed by atoms with Crippen LogP contribution in [0.5, 0.6) is 0 Å². The second-order valence-corrected chi connectivity index (χ2v) is 6.73. The quantitative estimate of drug-likeness (QED) is 0.606. The van der Waals surface area contributed by atoms with Gasteiger partial charge in [0, 0.05) is 0 Å². The summed E-state index contributed by atoms with van der Waals surface area (Å²) in [5.41, 5.74) is 1.67. The van der Waals surface area contributed by atoms with E-state index in [1.165, 1.54) is 12.8 Å². The molecule has 3 fully saturated rings. The first kappa shape index (κ1) is 9.55. The average molecular weight is 180 g/mol. The van der Waals surface area contributed by atoms with Crippen molar-refractivity contribution in [1.29, 1.82) is 0 Å². The van der Waals surface area contributed by atoms with Gasteiger partial charge in [0.15, 0.2) is 0 Å². The van der Waals surface area contributed by atoms with Crippen LogP contribution in [0.15, 0.2) is 0 Å². The number of rotatable bonds is 4. The van der Waals surface area contributed by atoms with Crippen LogP contribution in [0, 0.1) is 22.7 Å². The third-order valence-corrected chi connectivity index (χ3v) is 3.93. The Kier molecular flexibility index (Phi) is 2.02. The standard InChI is InChI=1S/C13H24/c1-10(2)5-12-7-13(8-12,9-12)6-11(3)4/h10-11H,5-9H2,1-4H3. The summed E-state index contributed by atoms with van der Waals surface area (Å²) in [5.74, 6) is 1.83. The highest BCUT2D eigenvalue weighted by atomic mass is 14.7. The van der Waals surface area contributed by atoms with Crippen LogP contribution in [0.3, 0.4) is 0 Å². The summed E-state index contributed by atoms with van der Waals surface area (Å²) in [6, 6.07) is 0. The Balaban J connectivity index is 1.79. The van der Waals surface area contributed by atoms with E-state index in [4.69, 9.17) is 0 Å². The van der Waals surface area contributed by atoms with Gasteiger partial charge in [0.2, 0.25) is 0 Å². The smallest absolute Gasteiger partial charge is 0.0279 e. The molecule has 0 saturated heterocycles. The summed E-state index contributed by atoms with van der Waals surface area (Å²) in [6.45, 7) is 9.48. The van der Waals surface area contributed by atoms with Gasteiger partial charge in [-0.3, -0.25) is 0 Å². The summed E-state index contributed by atoms with van der Waals surface area (Å²) in [6.07, 6.45) is 7.68. The van der Waals surface area contributed by atoms with Crippen LogP contribution in [-0.4, -0.2) is 0 Å². The first-order valence-corrected chi connectivity index (χ1v) is 5.95. The SMILES string of the molecule is CC(C)CC12CC(CC(C)C)(C1)C2. The topological polar surface area (TPSA) is 0 Å². The van der Waals surface area contributed by atoms with Crippen LogP contribution in [0.4, 0.5) is 0 Å². The van der Waals surface area contributed by atoms with Crippen molar-refractivity contribution >= 4 is 0 Å². The van der Waals surface area contributed by atoms with Gasteiger partial charge in [-0.1, -0.05) is 27.7 Å². The molecule has 3 saturated carbocycles. The molecule has 0 amide bonds. The second kappa shape index (κ2) is 2.74. The van der Waals surface area contributed by atoms with E-state index in [2.05, 4.69) is 27.7 Å². The van der Waals surface area contributed by atoms with E-state index in [-0.39, 0.29) is 0 Å². The molecule has 0 unspecified atom stereocenters. The highest BCUT2D eigenvalue weighted by Crippen LogP contribution is 2.77. The zero-order chi connectivity index (χ0) is 9.69. The normalized spacial score (nSPS) is 42.0. The van der Waals surface area contributed by atoms with Crippen molar-refractivity contribution in [2.24, 2.45) is 22.7 Å². The maximum atomic E-state index is 2.37. The summed E-state index contributed by atoms with van der Waals surface area (Å²) in [4.78, 5) is 0. The molecule has 0 aromatic carbocycles. The lowest BCUT2D eigenvalue weighted by atomic mass is 9.32. The fourth-order valence-corrected chi connectivity index (χ4v) is 4.40. The molecule has 13 heavy (non-hydrogen) atoms. The maximum absolute atomic E-state index is 2.37. The monoisotopic (exact) mass is 180 g/mol. The minimum atomic E-state index is 0.836. The van der Waals surface area contributed by atoms with Crippen LogP contribution in [-0.2, 0) is 0 Å². The van der Waals surface area contributed by atoms with E-state index in [0.717, 1.165) is 22.7 Å². The van der Waals surface area contributed by atoms with E-state index in [1.807, 2.05) is 0 Å². The minimum Gasteiger partial charge on any atom is -0.0628 e. The van der Waals surface area contributed by atoms with E-state index in [0.29, 0.717) is 0 Å². The van der Waals surface area contributed by atoms with Gasteiger partial charge < -0.3 is 0 Å².